The van der Waals surface area contributed by atoms with Gasteiger partial charge < -0.3 is 71.1 Å². The first kappa shape index (κ1) is 58.6. The fourth-order valence-electron chi connectivity index (χ4n) is 4.90. The summed E-state index contributed by atoms with van der Waals surface area (Å²) >= 11 is 0. The maximum absolute atomic E-state index is 10.9. The summed E-state index contributed by atoms with van der Waals surface area (Å²) in [5.41, 5.74) is 0. The fraction of sp³-hybridized carbons (Fsp3) is 0.932. The van der Waals surface area contributed by atoms with E-state index >= 15 is 0 Å². The Morgan fingerprint density at radius 3 is 0.650 bits per heavy atom. The zero-order chi connectivity index (χ0) is 43.2. The smallest absolute Gasteiger partial charge is 0.330 e. The van der Waals surface area contributed by atoms with Crippen LogP contribution >= 0.6 is 0 Å². The van der Waals surface area contributed by atoms with E-state index in [0.717, 1.165) is 156 Å². The average molecular weight is 871 g/mol. The molecule has 0 spiro atoms. The van der Waals surface area contributed by atoms with E-state index in [1.165, 1.54) is 0 Å². The summed E-state index contributed by atoms with van der Waals surface area (Å²) in [7, 11) is 1.73. The number of ether oxygens (including phenoxy) is 15. The molecular formula is C44H86O16. The van der Waals surface area contributed by atoms with E-state index in [2.05, 4.69) is 6.58 Å². The van der Waals surface area contributed by atoms with Gasteiger partial charge >= 0.3 is 5.97 Å². The molecule has 0 aromatic rings. The predicted molar refractivity (Wildman–Crippen MR) is 229 cm³/mol. The molecule has 0 amide bonds. The summed E-state index contributed by atoms with van der Waals surface area (Å²) in [6.07, 6.45) is 13.5. The zero-order valence-corrected chi connectivity index (χ0v) is 37.6. The first-order valence-electron chi connectivity index (χ1n) is 22.6. The van der Waals surface area contributed by atoms with Crippen molar-refractivity contribution in [2.75, 3.05) is 192 Å². The van der Waals surface area contributed by atoms with Gasteiger partial charge in [-0.3, -0.25) is 0 Å². The Bertz CT molecular complexity index is 812. The largest absolute Gasteiger partial charge is 0.460 e. The quantitative estimate of drug-likeness (QED) is 0.0443. The minimum Gasteiger partial charge on any atom is -0.460 e. The summed E-state index contributed by atoms with van der Waals surface area (Å²) in [4.78, 5) is 10.9. The van der Waals surface area contributed by atoms with Crippen molar-refractivity contribution in [1.29, 1.82) is 0 Å². The van der Waals surface area contributed by atoms with Crippen LogP contribution in [0.4, 0.5) is 0 Å². The number of hydrogen-bond acceptors (Lipinski definition) is 16. The van der Waals surface area contributed by atoms with Crippen LogP contribution in [0.2, 0.25) is 0 Å². The Hall–Kier alpha value is -1.35. The van der Waals surface area contributed by atoms with Gasteiger partial charge in [-0.25, -0.2) is 4.79 Å². The summed E-state index contributed by atoms with van der Waals surface area (Å²) in [5, 5.41) is 0. The molecule has 16 heteroatoms. The van der Waals surface area contributed by atoms with E-state index in [1.807, 2.05) is 0 Å². The van der Waals surface area contributed by atoms with Crippen molar-refractivity contribution in [3.05, 3.63) is 12.7 Å². The van der Waals surface area contributed by atoms with E-state index in [1.54, 1.807) is 7.11 Å². The molecule has 0 aromatic heterocycles. The second-order valence-corrected chi connectivity index (χ2v) is 13.6. The summed E-state index contributed by atoms with van der Waals surface area (Å²) in [5.74, 6) is -0.458. The van der Waals surface area contributed by atoms with Crippen molar-refractivity contribution in [2.24, 2.45) is 0 Å². The molecule has 0 rings (SSSR count). The van der Waals surface area contributed by atoms with Gasteiger partial charge in [0.15, 0.2) is 0 Å². The summed E-state index contributed by atoms with van der Waals surface area (Å²) < 4.78 is 82.1. The lowest BCUT2D eigenvalue weighted by Gasteiger charge is -2.09. The highest BCUT2D eigenvalue weighted by atomic mass is 16.6. The molecule has 358 valence electrons. The van der Waals surface area contributed by atoms with Crippen LogP contribution in [-0.4, -0.2) is 198 Å². The van der Waals surface area contributed by atoms with Crippen LogP contribution in [-0.2, 0) is 75.8 Å². The van der Waals surface area contributed by atoms with E-state index in [0.29, 0.717) is 106 Å². The van der Waals surface area contributed by atoms with Crippen LogP contribution < -0.4 is 0 Å². The van der Waals surface area contributed by atoms with Crippen molar-refractivity contribution < 1.29 is 75.8 Å². The molecule has 0 radical (unpaired) electrons. The van der Waals surface area contributed by atoms with Gasteiger partial charge in [0.05, 0.1) is 99.1 Å². The molecule has 0 saturated heterocycles. The Morgan fingerprint density at radius 1 is 0.283 bits per heavy atom. The third-order valence-corrected chi connectivity index (χ3v) is 8.27. The SMILES string of the molecule is C=CC(=O)OCCOCCOCCOCCOCCOCCOCCOCCOCCCCOCCCCOCCCCOCCCCOCCCCOCCCCOC. The van der Waals surface area contributed by atoms with E-state index < -0.39 is 5.97 Å². The number of esters is 1. The van der Waals surface area contributed by atoms with Gasteiger partial charge in [0, 0.05) is 92.5 Å². The van der Waals surface area contributed by atoms with Gasteiger partial charge in [0.25, 0.3) is 0 Å². The minimum atomic E-state index is -0.458. The normalized spacial score (nSPS) is 11.5. The Balaban J connectivity index is 3.07. The lowest BCUT2D eigenvalue weighted by molar-refractivity contribution is -0.139. The van der Waals surface area contributed by atoms with Crippen LogP contribution in [0.1, 0.15) is 77.0 Å². The van der Waals surface area contributed by atoms with E-state index in [9.17, 15) is 4.79 Å². The fourth-order valence-corrected chi connectivity index (χ4v) is 4.90. The highest BCUT2D eigenvalue weighted by molar-refractivity contribution is 5.81. The summed E-state index contributed by atoms with van der Waals surface area (Å²) in [6.45, 7) is 20.4. The maximum Gasteiger partial charge on any atom is 0.330 e. The number of carbonyl (C=O) groups excluding carboxylic acids is 1. The second kappa shape index (κ2) is 55.7. The topological polar surface area (TPSA) is 156 Å². The molecule has 0 bridgehead atoms. The third kappa shape index (κ3) is 54.7. The van der Waals surface area contributed by atoms with Gasteiger partial charge in [0.1, 0.15) is 6.61 Å². The van der Waals surface area contributed by atoms with Gasteiger partial charge in [-0.1, -0.05) is 6.58 Å². The zero-order valence-electron chi connectivity index (χ0n) is 37.6. The number of rotatable bonds is 55. The van der Waals surface area contributed by atoms with Gasteiger partial charge in [0.2, 0.25) is 0 Å². The van der Waals surface area contributed by atoms with Gasteiger partial charge in [-0.05, 0) is 77.0 Å². The van der Waals surface area contributed by atoms with Gasteiger partial charge in [-0.15, -0.1) is 0 Å². The van der Waals surface area contributed by atoms with E-state index in [4.69, 9.17) is 71.1 Å². The monoisotopic (exact) mass is 871 g/mol. The standard InChI is InChI=1S/C44H86O16/c1-3-44(45)60-43-42-59-41-40-58-39-38-57-37-36-56-35-34-55-33-32-54-31-30-53-29-28-52-27-15-14-26-51-25-13-12-24-50-23-11-10-22-49-21-9-8-20-48-19-7-6-18-47-17-5-4-16-46-2/h3H,1,4-43H2,2H3. The van der Waals surface area contributed by atoms with E-state index in [-0.39, 0.29) is 6.61 Å². The Kier molecular flexibility index (Phi) is 54.4. The molecule has 0 aromatic carbocycles. The van der Waals surface area contributed by atoms with Crippen molar-refractivity contribution >= 4 is 5.97 Å². The molecule has 60 heavy (non-hydrogen) atoms. The minimum absolute atomic E-state index is 0.199. The maximum atomic E-state index is 10.9. The van der Waals surface area contributed by atoms with Crippen molar-refractivity contribution in [3.63, 3.8) is 0 Å². The highest BCUT2D eigenvalue weighted by Crippen LogP contribution is 2.00. The van der Waals surface area contributed by atoms with Crippen LogP contribution in [0.15, 0.2) is 12.7 Å². The van der Waals surface area contributed by atoms with Crippen molar-refractivity contribution in [2.45, 2.75) is 77.0 Å². The lowest BCUT2D eigenvalue weighted by Crippen LogP contribution is -2.15. The molecular weight excluding hydrogens is 784 g/mol. The molecule has 0 saturated carbocycles. The predicted octanol–water partition coefficient (Wildman–Crippen LogP) is 5.26. The van der Waals surface area contributed by atoms with Crippen LogP contribution in [0, 0.1) is 0 Å². The molecule has 0 aliphatic carbocycles. The Morgan fingerprint density at radius 2 is 0.450 bits per heavy atom. The lowest BCUT2D eigenvalue weighted by atomic mass is 10.3. The number of hydrogen-bond donors (Lipinski definition) is 0. The first-order valence-corrected chi connectivity index (χ1v) is 22.6. The van der Waals surface area contributed by atoms with Crippen LogP contribution in [0.5, 0.6) is 0 Å². The number of methoxy groups -OCH3 is 1. The second-order valence-electron chi connectivity index (χ2n) is 13.6. The number of carbonyl (C=O) groups is 1. The van der Waals surface area contributed by atoms with Crippen LogP contribution in [0.3, 0.4) is 0 Å². The average Bonchev–Trinajstić information content (AvgIpc) is 3.26. The summed E-state index contributed by atoms with van der Waals surface area (Å²) in [6, 6.07) is 0. The Labute approximate surface area is 363 Å². The number of unbranched alkanes of at least 4 members (excludes halogenated alkanes) is 6. The van der Waals surface area contributed by atoms with Crippen LogP contribution in [0.25, 0.3) is 0 Å². The third-order valence-electron chi connectivity index (χ3n) is 8.27. The van der Waals surface area contributed by atoms with Crippen molar-refractivity contribution in [1.82, 2.24) is 0 Å². The molecule has 0 unspecified atom stereocenters. The molecule has 0 atom stereocenters. The molecule has 0 aliphatic heterocycles. The first-order chi connectivity index (χ1) is 29.8. The van der Waals surface area contributed by atoms with Crippen molar-refractivity contribution in [3.8, 4) is 0 Å². The molecule has 16 nitrogen and oxygen atoms in total. The molecule has 0 fully saturated rings. The molecule has 0 N–H and O–H groups in total. The molecule has 0 heterocycles. The molecule has 0 aliphatic rings. The highest BCUT2D eigenvalue weighted by Gasteiger charge is 1.99. The van der Waals surface area contributed by atoms with Gasteiger partial charge in [-0.2, -0.15) is 0 Å².